The van der Waals surface area contributed by atoms with E-state index >= 15 is 0 Å². The Balaban J connectivity index is 1.88. The number of rotatable bonds is 4. The molecule has 0 unspecified atom stereocenters. The van der Waals surface area contributed by atoms with Crippen molar-refractivity contribution in [3.63, 3.8) is 0 Å². The molecule has 3 heteroatoms. The molecule has 1 saturated carbocycles. The first kappa shape index (κ1) is 13.7. The van der Waals surface area contributed by atoms with Gasteiger partial charge in [0.05, 0.1) is 0 Å². The van der Waals surface area contributed by atoms with Crippen molar-refractivity contribution in [2.75, 3.05) is 26.3 Å². The summed E-state index contributed by atoms with van der Waals surface area (Å²) in [6, 6.07) is 6.49. The number of benzene rings is 1. The van der Waals surface area contributed by atoms with Crippen molar-refractivity contribution in [1.82, 2.24) is 5.32 Å². The minimum absolute atomic E-state index is 0.259. The van der Waals surface area contributed by atoms with E-state index in [0.717, 1.165) is 24.6 Å². The summed E-state index contributed by atoms with van der Waals surface area (Å²) in [7, 11) is 0. The van der Waals surface area contributed by atoms with Crippen molar-refractivity contribution in [2.24, 2.45) is 5.41 Å². The lowest BCUT2D eigenvalue weighted by Gasteiger charge is -2.54. The van der Waals surface area contributed by atoms with Gasteiger partial charge in [-0.3, -0.25) is 0 Å². The third kappa shape index (κ3) is 2.39. The third-order valence-corrected chi connectivity index (χ3v) is 4.50. The summed E-state index contributed by atoms with van der Waals surface area (Å²) >= 11 is 0. The second-order valence-electron chi connectivity index (χ2n) is 6.94. The zero-order valence-corrected chi connectivity index (χ0v) is 12.8. The average molecular weight is 275 g/mol. The lowest BCUT2D eigenvalue weighted by Crippen LogP contribution is -2.52. The Bertz CT molecular complexity index is 488. The van der Waals surface area contributed by atoms with E-state index in [2.05, 4.69) is 44.3 Å². The monoisotopic (exact) mass is 275 g/mol. The van der Waals surface area contributed by atoms with Crippen molar-refractivity contribution >= 4 is 0 Å². The molecular formula is C17H25NO2. The molecule has 0 radical (unpaired) electrons. The van der Waals surface area contributed by atoms with Crippen LogP contribution in [-0.4, -0.2) is 26.3 Å². The van der Waals surface area contributed by atoms with Crippen LogP contribution in [0.15, 0.2) is 18.2 Å². The number of hydrogen-bond donors (Lipinski definition) is 1. The zero-order valence-electron chi connectivity index (χ0n) is 12.8. The van der Waals surface area contributed by atoms with Gasteiger partial charge in [0.2, 0.25) is 0 Å². The van der Waals surface area contributed by atoms with Crippen molar-refractivity contribution in [3.05, 3.63) is 23.8 Å². The van der Waals surface area contributed by atoms with Gasteiger partial charge >= 0.3 is 0 Å². The molecule has 1 heterocycles. The van der Waals surface area contributed by atoms with Gasteiger partial charge in [-0.25, -0.2) is 0 Å². The first-order chi connectivity index (χ1) is 9.55. The number of likely N-dealkylation sites (N-methyl/N-ethyl adjacent to an activating group) is 1. The molecule has 0 atom stereocenters. The van der Waals surface area contributed by atoms with E-state index in [1.165, 1.54) is 18.4 Å². The van der Waals surface area contributed by atoms with Crippen molar-refractivity contribution in [2.45, 2.75) is 39.0 Å². The SMILES string of the molecule is CCNCC1(c2ccc3c(c2)OCCO3)CC(C)(C)C1. The first-order valence-corrected chi connectivity index (χ1v) is 7.66. The molecule has 3 rings (SSSR count). The highest BCUT2D eigenvalue weighted by Crippen LogP contribution is 2.55. The van der Waals surface area contributed by atoms with Crippen LogP contribution in [-0.2, 0) is 5.41 Å². The largest absolute Gasteiger partial charge is 0.486 e. The lowest BCUT2D eigenvalue weighted by molar-refractivity contribution is 0.0562. The second-order valence-corrected chi connectivity index (χ2v) is 6.94. The molecule has 2 aliphatic rings. The maximum absolute atomic E-state index is 5.74. The number of nitrogens with one attached hydrogen (secondary N) is 1. The van der Waals surface area contributed by atoms with E-state index in [9.17, 15) is 0 Å². The molecule has 1 aliphatic carbocycles. The number of hydrogen-bond acceptors (Lipinski definition) is 3. The Morgan fingerprint density at radius 2 is 1.80 bits per heavy atom. The summed E-state index contributed by atoms with van der Waals surface area (Å²) in [5, 5.41) is 3.54. The second kappa shape index (κ2) is 4.96. The Morgan fingerprint density at radius 3 is 2.45 bits per heavy atom. The van der Waals surface area contributed by atoms with Crippen LogP contribution in [0.5, 0.6) is 11.5 Å². The molecule has 3 nitrogen and oxygen atoms in total. The highest BCUT2D eigenvalue weighted by Gasteiger charge is 2.49. The van der Waals surface area contributed by atoms with Crippen LogP contribution in [0.3, 0.4) is 0 Å². The van der Waals surface area contributed by atoms with Crippen LogP contribution in [0.25, 0.3) is 0 Å². The van der Waals surface area contributed by atoms with Crippen LogP contribution < -0.4 is 14.8 Å². The van der Waals surface area contributed by atoms with Gasteiger partial charge < -0.3 is 14.8 Å². The van der Waals surface area contributed by atoms with Gasteiger partial charge in [0.1, 0.15) is 13.2 Å². The van der Waals surface area contributed by atoms with Crippen LogP contribution in [0.2, 0.25) is 0 Å². The number of ether oxygens (including phenoxy) is 2. The molecular weight excluding hydrogens is 250 g/mol. The standard InChI is InChI=1S/C17H25NO2/c1-4-18-12-17(10-16(2,3)11-17)13-5-6-14-15(9-13)20-8-7-19-14/h5-6,9,18H,4,7-8,10-12H2,1-3H3. The zero-order chi connectivity index (χ0) is 14.2. The molecule has 1 aromatic carbocycles. The summed E-state index contributed by atoms with van der Waals surface area (Å²) in [6.07, 6.45) is 2.46. The fraction of sp³-hybridized carbons (Fsp3) is 0.647. The fourth-order valence-corrected chi connectivity index (χ4v) is 3.95. The van der Waals surface area contributed by atoms with Gasteiger partial charge in [0.15, 0.2) is 11.5 Å². The Labute approximate surface area is 121 Å². The van der Waals surface area contributed by atoms with E-state index in [0.29, 0.717) is 18.6 Å². The molecule has 20 heavy (non-hydrogen) atoms. The molecule has 0 bridgehead atoms. The van der Waals surface area contributed by atoms with Crippen molar-refractivity contribution in [3.8, 4) is 11.5 Å². The molecule has 1 aliphatic heterocycles. The van der Waals surface area contributed by atoms with Gasteiger partial charge in [-0.05, 0) is 42.5 Å². The molecule has 0 aromatic heterocycles. The minimum Gasteiger partial charge on any atom is -0.486 e. The maximum Gasteiger partial charge on any atom is 0.161 e. The van der Waals surface area contributed by atoms with Gasteiger partial charge in [-0.1, -0.05) is 26.8 Å². The van der Waals surface area contributed by atoms with Gasteiger partial charge in [0, 0.05) is 12.0 Å². The third-order valence-electron chi connectivity index (χ3n) is 4.50. The van der Waals surface area contributed by atoms with E-state index in [-0.39, 0.29) is 5.41 Å². The van der Waals surface area contributed by atoms with Crippen LogP contribution in [0.4, 0.5) is 0 Å². The average Bonchev–Trinajstić information content (AvgIpc) is 2.42. The molecule has 0 saturated heterocycles. The normalized spacial score (nSPS) is 22.1. The predicted octanol–water partition coefficient (Wildman–Crippen LogP) is 3.13. The van der Waals surface area contributed by atoms with Crippen LogP contribution >= 0.6 is 0 Å². The molecule has 1 N–H and O–H groups in total. The summed E-state index contributed by atoms with van der Waals surface area (Å²) in [5.41, 5.74) is 2.10. The Morgan fingerprint density at radius 1 is 1.10 bits per heavy atom. The summed E-state index contributed by atoms with van der Waals surface area (Å²) in [6.45, 7) is 10.3. The fourth-order valence-electron chi connectivity index (χ4n) is 3.95. The van der Waals surface area contributed by atoms with E-state index in [1.54, 1.807) is 0 Å². The first-order valence-electron chi connectivity index (χ1n) is 7.66. The van der Waals surface area contributed by atoms with Crippen LogP contribution in [0.1, 0.15) is 39.2 Å². The highest BCUT2D eigenvalue weighted by atomic mass is 16.6. The smallest absolute Gasteiger partial charge is 0.161 e. The summed E-state index contributed by atoms with van der Waals surface area (Å²) in [5.74, 6) is 1.80. The van der Waals surface area contributed by atoms with E-state index in [4.69, 9.17) is 9.47 Å². The number of fused-ring (bicyclic) bond motifs is 1. The molecule has 0 spiro atoms. The maximum atomic E-state index is 5.74. The summed E-state index contributed by atoms with van der Waals surface area (Å²) < 4.78 is 11.4. The highest BCUT2D eigenvalue weighted by molar-refractivity contribution is 5.47. The molecule has 1 fully saturated rings. The van der Waals surface area contributed by atoms with Crippen molar-refractivity contribution < 1.29 is 9.47 Å². The predicted molar refractivity (Wildman–Crippen MR) is 80.7 cm³/mol. The van der Waals surface area contributed by atoms with Crippen molar-refractivity contribution in [1.29, 1.82) is 0 Å². The van der Waals surface area contributed by atoms with Gasteiger partial charge in [-0.15, -0.1) is 0 Å². The van der Waals surface area contributed by atoms with E-state index in [1.807, 2.05) is 0 Å². The van der Waals surface area contributed by atoms with Gasteiger partial charge in [0.25, 0.3) is 0 Å². The lowest BCUT2D eigenvalue weighted by atomic mass is 9.52. The molecule has 0 amide bonds. The molecule has 110 valence electrons. The van der Waals surface area contributed by atoms with E-state index < -0.39 is 0 Å². The Hall–Kier alpha value is -1.22. The van der Waals surface area contributed by atoms with Crippen LogP contribution in [0, 0.1) is 5.41 Å². The molecule has 1 aromatic rings. The topological polar surface area (TPSA) is 30.5 Å². The van der Waals surface area contributed by atoms with Gasteiger partial charge in [-0.2, -0.15) is 0 Å². The quantitative estimate of drug-likeness (QED) is 0.916. The minimum atomic E-state index is 0.259. The summed E-state index contributed by atoms with van der Waals surface area (Å²) in [4.78, 5) is 0. The Kier molecular flexibility index (Phi) is 3.41.